The summed E-state index contributed by atoms with van der Waals surface area (Å²) in [5.41, 5.74) is 3.19. The van der Waals surface area contributed by atoms with Crippen LogP contribution in [0.4, 0.5) is 0 Å². The quantitative estimate of drug-likeness (QED) is 0.566. The summed E-state index contributed by atoms with van der Waals surface area (Å²) in [6.07, 6.45) is -0.623. The van der Waals surface area contributed by atoms with Crippen molar-refractivity contribution in [2.45, 2.75) is 25.3 Å². The molecule has 0 radical (unpaired) electrons. The molecule has 0 bridgehead atoms. The molecule has 0 aromatic heterocycles. The first-order valence-electron chi connectivity index (χ1n) is 8.98. The Kier molecular flexibility index (Phi) is 5.23. The maximum absolute atomic E-state index is 13.1. The number of rotatable bonds is 6. The van der Waals surface area contributed by atoms with Gasteiger partial charge in [-0.25, -0.2) is 0 Å². The van der Waals surface area contributed by atoms with Gasteiger partial charge in [-0.1, -0.05) is 84.4 Å². The summed E-state index contributed by atoms with van der Waals surface area (Å²) in [4.78, 5) is 15.0. The van der Waals surface area contributed by atoms with Crippen molar-refractivity contribution in [3.05, 3.63) is 107 Å². The maximum Gasteiger partial charge on any atom is 0.255 e. The van der Waals surface area contributed by atoms with Gasteiger partial charge in [-0.3, -0.25) is 4.79 Å². The first-order valence-corrected chi connectivity index (χ1v) is 9.36. The normalized spacial score (nSPS) is 18.1. The molecule has 4 rings (SSSR count). The van der Waals surface area contributed by atoms with Crippen molar-refractivity contribution < 1.29 is 9.53 Å². The molecule has 27 heavy (non-hydrogen) atoms. The minimum atomic E-state index is -0.432. The highest BCUT2D eigenvalue weighted by atomic mass is 35.5. The maximum atomic E-state index is 13.1. The summed E-state index contributed by atoms with van der Waals surface area (Å²) in [6.45, 7) is 1.11. The lowest BCUT2D eigenvalue weighted by atomic mass is 10.1. The van der Waals surface area contributed by atoms with Gasteiger partial charge in [0.1, 0.15) is 6.10 Å². The van der Waals surface area contributed by atoms with E-state index in [9.17, 15) is 4.79 Å². The van der Waals surface area contributed by atoms with E-state index in [2.05, 4.69) is 0 Å². The number of nitrogens with zero attached hydrogens (tertiary/aromatic N) is 1. The van der Waals surface area contributed by atoms with E-state index in [0.29, 0.717) is 18.1 Å². The largest absolute Gasteiger partial charge is 0.354 e. The molecule has 0 spiro atoms. The van der Waals surface area contributed by atoms with Gasteiger partial charge in [0.05, 0.1) is 0 Å². The Morgan fingerprint density at radius 3 is 1.85 bits per heavy atom. The summed E-state index contributed by atoms with van der Waals surface area (Å²) in [5, 5.41) is 0.678. The molecule has 0 saturated carbocycles. The molecule has 1 aliphatic rings. The van der Waals surface area contributed by atoms with Gasteiger partial charge in [-0.05, 0) is 28.8 Å². The van der Waals surface area contributed by atoms with Crippen LogP contribution < -0.4 is 0 Å². The van der Waals surface area contributed by atoms with Crippen LogP contribution in [0.5, 0.6) is 0 Å². The standard InChI is InChI=1S/C23H20ClNO2/c24-20-13-11-19(12-14-20)21-22(27-21)23(26)25(15-17-7-3-1-4-8-17)16-18-9-5-2-6-10-18/h1-14,21-22H,15-16H2/t21-,22+/m0/s1. The average molecular weight is 378 g/mol. The molecule has 3 nitrogen and oxygen atoms in total. The SMILES string of the molecule is O=C([C@@H]1O[C@H]1c1ccc(Cl)cc1)N(Cc1ccccc1)Cc1ccccc1. The Labute approximate surface area is 164 Å². The zero-order chi connectivity index (χ0) is 18.6. The van der Waals surface area contributed by atoms with Crippen LogP contribution in [0.2, 0.25) is 5.02 Å². The fourth-order valence-corrected chi connectivity index (χ4v) is 3.33. The molecule has 4 heteroatoms. The van der Waals surface area contributed by atoms with Crippen molar-refractivity contribution >= 4 is 17.5 Å². The van der Waals surface area contributed by atoms with Crippen LogP contribution in [-0.4, -0.2) is 16.9 Å². The minimum Gasteiger partial charge on any atom is -0.354 e. The Morgan fingerprint density at radius 1 is 0.815 bits per heavy atom. The predicted molar refractivity (Wildman–Crippen MR) is 106 cm³/mol. The van der Waals surface area contributed by atoms with Crippen molar-refractivity contribution in [2.75, 3.05) is 0 Å². The van der Waals surface area contributed by atoms with Crippen molar-refractivity contribution in [1.29, 1.82) is 0 Å². The molecule has 1 heterocycles. The van der Waals surface area contributed by atoms with E-state index < -0.39 is 6.10 Å². The highest BCUT2D eigenvalue weighted by molar-refractivity contribution is 6.30. The van der Waals surface area contributed by atoms with E-state index in [1.165, 1.54) is 0 Å². The zero-order valence-electron chi connectivity index (χ0n) is 14.8. The number of halogens is 1. The van der Waals surface area contributed by atoms with Gasteiger partial charge in [-0.15, -0.1) is 0 Å². The lowest BCUT2D eigenvalue weighted by Gasteiger charge is -2.22. The smallest absolute Gasteiger partial charge is 0.255 e. The van der Waals surface area contributed by atoms with E-state index in [1.54, 1.807) is 0 Å². The third-order valence-corrected chi connectivity index (χ3v) is 4.93. The molecule has 0 N–H and O–H groups in total. The van der Waals surface area contributed by atoms with Crippen molar-refractivity contribution in [3.8, 4) is 0 Å². The zero-order valence-corrected chi connectivity index (χ0v) is 15.5. The Balaban J connectivity index is 1.51. The van der Waals surface area contributed by atoms with Gasteiger partial charge >= 0.3 is 0 Å². The van der Waals surface area contributed by atoms with Crippen LogP contribution in [0.15, 0.2) is 84.9 Å². The van der Waals surface area contributed by atoms with E-state index in [4.69, 9.17) is 16.3 Å². The predicted octanol–water partition coefficient (Wildman–Crippen LogP) is 5.01. The minimum absolute atomic E-state index is 0.0163. The summed E-state index contributed by atoms with van der Waals surface area (Å²) in [7, 11) is 0. The Hall–Kier alpha value is -2.62. The van der Waals surface area contributed by atoms with Gasteiger partial charge in [-0.2, -0.15) is 0 Å². The summed E-state index contributed by atoms with van der Waals surface area (Å²) >= 11 is 5.95. The van der Waals surface area contributed by atoms with Crippen LogP contribution in [0.25, 0.3) is 0 Å². The van der Waals surface area contributed by atoms with Crippen molar-refractivity contribution in [2.24, 2.45) is 0 Å². The molecule has 2 atom stereocenters. The molecule has 1 aliphatic heterocycles. The Morgan fingerprint density at radius 2 is 1.33 bits per heavy atom. The van der Waals surface area contributed by atoms with Crippen molar-refractivity contribution in [3.63, 3.8) is 0 Å². The van der Waals surface area contributed by atoms with Crippen LogP contribution in [0.3, 0.4) is 0 Å². The second-order valence-electron chi connectivity index (χ2n) is 6.69. The topological polar surface area (TPSA) is 32.8 Å². The van der Waals surface area contributed by atoms with Crippen LogP contribution in [0.1, 0.15) is 22.8 Å². The van der Waals surface area contributed by atoms with Crippen LogP contribution in [-0.2, 0) is 22.6 Å². The van der Waals surface area contributed by atoms with Gasteiger partial charge < -0.3 is 9.64 Å². The number of hydrogen-bond donors (Lipinski definition) is 0. The molecular formula is C23H20ClNO2. The van der Waals surface area contributed by atoms with Crippen LogP contribution >= 0.6 is 11.6 Å². The van der Waals surface area contributed by atoms with E-state index in [1.807, 2.05) is 89.8 Å². The summed E-state index contributed by atoms with van der Waals surface area (Å²) in [6, 6.07) is 27.6. The monoisotopic (exact) mass is 377 g/mol. The first-order chi connectivity index (χ1) is 13.2. The number of carbonyl (C=O) groups excluding carboxylic acids is 1. The fraction of sp³-hybridized carbons (Fsp3) is 0.174. The summed E-state index contributed by atoms with van der Waals surface area (Å²) in [5.74, 6) is 0.0163. The molecule has 3 aromatic carbocycles. The van der Waals surface area contributed by atoms with E-state index in [-0.39, 0.29) is 12.0 Å². The number of ether oxygens (including phenoxy) is 1. The first kappa shape index (κ1) is 17.8. The van der Waals surface area contributed by atoms with Gasteiger partial charge in [0, 0.05) is 18.1 Å². The molecule has 0 unspecified atom stereocenters. The number of carbonyl (C=O) groups is 1. The molecule has 3 aromatic rings. The molecule has 0 aliphatic carbocycles. The fourth-order valence-electron chi connectivity index (χ4n) is 3.21. The highest BCUT2D eigenvalue weighted by Gasteiger charge is 2.47. The third-order valence-electron chi connectivity index (χ3n) is 4.68. The van der Waals surface area contributed by atoms with Gasteiger partial charge in [0.25, 0.3) is 5.91 Å². The molecular weight excluding hydrogens is 358 g/mol. The molecule has 1 fully saturated rings. The number of epoxide rings is 1. The van der Waals surface area contributed by atoms with E-state index >= 15 is 0 Å². The Bertz CT molecular complexity index is 855. The highest BCUT2D eigenvalue weighted by Crippen LogP contribution is 2.40. The lowest BCUT2D eigenvalue weighted by Crippen LogP contribution is -2.33. The average Bonchev–Trinajstić information content (AvgIpc) is 3.50. The summed E-state index contributed by atoms with van der Waals surface area (Å²) < 4.78 is 5.73. The van der Waals surface area contributed by atoms with Crippen LogP contribution in [0, 0.1) is 0 Å². The molecule has 136 valence electrons. The number of hydrogen-bond acceptors (Lipinski definition) is 2. The van der Waals surface area contributed by atoms with Crippen molar-refractivity contribution in [1.82, 2.24) is 4.90 Å². The third kappa shape index (κ3) is 4.38. The lowest BCUT2D eigenvalue weighted by molar-refractivity contribution is -0.133. The number of benzene rings is 3. The second-order valence-corrected chi connectivity index (χ2v) is 7.13. The van der Waals surface area contributed by atoms with Gasteiger partial charge in [0.15, 0.2) is 6.10 Å². The molecule has 1 amide bonds. The van der Waals surface area contributed by atoms with Gasteiger partial charge in [0.2, 0.25) is 0 Å². The van der Waals surface area contributed by atoms with E-state index in [0.717, 1.165) is 16.7 Å². The molecule has 1 saturated heterocycles. The number of amides is 1. The second kappa shape index (κ2) is 7.95.